The quantitative estimate of drug-likeness (QED) is 0.709. The molecule has 2 N–H and O–H groups in total. The molecule has 2 amide bonds. The number of nitrogens with zero attached hydrogens (tertiary/aromatic N) is 4. The Labute approximate surface area is 172 Å². The first kappa shape index (κ1) is 20.9. The Hall–Kier alpha value is -2.87. The van der Waals surface area contributed by atoms with Crippen LogP contribution in [0.25, 0.3) is 0 Å². The molecule has 2 aromatic rings. The van der Waals surface area contributed by atoms with Crippen LogP contribution < -0.4 is 20.4 Å². The summed E-state index contributed by atoms with van der Waals surface area (Å²) in [5.41, 5.74) is 1.98. The number of aromatic nitrogens is 2. The summed E-state index contributed by atoms with van der Waals surface area (Å²) in [7, 11) is 0. The summed E-state index contributed by atoms with van der Waals surface area (Å²) in [4.78, 5) is 25.4. The van der Waals surface area contributed by atoms with E-state index in [-0.39, 0.29) is 6.03 Å². The standard InChI is InChI=1S/C21H30N6O2/c1-3-26(4-2)19-6-5-18(15-23-19)16-25-21(28)24-14-17-7-8-22-20(13-17)27-9-11-29-12-10-27/h5-8,13,15H,3-4,9-12,14,16H2,1-2H3,(H2,24,25,28). The van der Waals surface area contributed by atoms with Crippen molar-refractivity contribution in [1.82, 2.24) is 20.6 Å². The Morgan fingerprint density at radius 1 is 1.07 bits per heavy atom. The van der Waals surface area contributed by atoms with Crippen LogP contribution in [0.4, 0.5) is 16.4 Å². The van der Waals surface area contributed by atoms with E-state index in [0.29, 0.717) is 13.1 Å². The molecular formula is C21H30N6O2. The molecule has 1 saturated heterocycles. The maximum Gasteiger partial charge on any atom is 0.315 e. The number of amides is 2. The van der Waals surface area contributed by atoms with Gasteiger partial charge in [-0.3, -0.25) is 0 Å². The normalized spacial score (nSPS) is 13.8. The van der Waals surface area contributed by atoms with Gasteiger partial charge in [0, 0.05) is 51.7 Å². The fraction of sp³-hybridized carbons (Fsp3) is 0.476. The number of hydrogen-bond donors (Lipinski definition) is 2. The average Bonchev–Trinajstić information content (AvgIpc) is 2.79. The lowest BCUT2D eigenvalue weighted by Crippen LogP contribution is -2.37. The third-order valence-corrected chi connectivity index (χ3v) is 4.95. The van der Waals surface area contributed by atoms with Crippen LogP contribution in [0.1, 0.15) is 25.0 Å². The van der Waals surface area contributed by atoms with Crippen molar-refractivity contribution in [3.63, 3.8) is 0 Å². The number of pyridine rings is 2. The Kier molecular flexibility index (Phi) is 7.63. The number of rotatable bonds is 8. The van der Waals surface area contributed by atoms with Crippen molar-refractivity contribution >= 4 is 17.7 Å². The summed E-state index contributed by atoms with van der Waals surface area (Å²) in [6.45, 7) is 10.1. The van der Waals surface area contributed by atoms with Crippen molar-refractivity contribution in [3.8, 4) is 0 Å². The lowest BCUT2D eigenvalue weighted by molar-refractivity contribution is 0.122. The van der Waals surface area contributed by atoms with E-state index in [0.717, 1.165) is 62.2 Å². The van der Waals surface area contributed by atoms with Gasteiger partial charge < -0.3 is 25.2 Å². The molecule has 1 aliphatic heterocycles. The Bertz CT molecular complexity index is 773. The Morgan fingerprint density at radius 3 is 2.45 bits per heavy atom. The van der Waals surface area contributed by atoms with Gasteiger partial charge in [0.2, 0.25) is 0 Å². The Morgan fingerprint density at radius 2 is 1.79 bits per heavy atom. The van der Waals surface area contributed by atoms with Gasteiger partial charge in [-0.1, -0.05) is 6.07 Å². The van der Waals surface area contributed by atoms with Gasteiger partial charge in [0.1, 0.15) is 11.6 Å². The number of morpholine rings is 1. The van der Waals surface area contributed by atoms with Crippen LogP contribution in [0.3, 0.4) is 0 Å². The first-order valence-electron chi connectivity index (χ1n) is 10.2. The highest BCUT2D eigenvalue weighted by Gasteiger charge is 2.12. The SMILES string of the molecule is CCN(CC)c1ccc(CNC(=O)NCc2ccnc(N3CCOCC3)c2)cn1. The van der Waals surface area contributed by atoms with E-state index in [9.17, 15) is 4.79 Å². The topological polar surface area (TPSA) is 82.6 Å². The van der Waals surface area contributed by atoms with E-state index in [4.69, 9.17) is 4.74 Å². The summed E-state index contributed by atoms with van der Waals surface area (Å²) < 4.78 is 5.38. The van der Waals surface area contributed by atoms with Gasteiger partial charge in [0.05, 0.1) is 13.2 Å². The molecule has 2 aromatic heterocycles. The summed E-state index contributed by atoms with van der Waals surface area (Å²) in [5.74, 6) is 1.88. The molecule has 1 fully saturated rings. The van der Waals surface area contributed by atoms with Gasteiger partial charge in [0.25, 0.3) is 0 Å². The maximum absolute atomic E-state index is 12.2. The highest BCUT2D eigenvalue weighted by molar-refractivity contribution is 5.73. The first-order chi connectivity index (χ1) is 14.2. The second kappa shape index (κ2) is 10.6. The van der Waals surface area contributed by atoms with Gasteiger partial charge in [-0.25, -0.2) is 14.8 Å². The minimum atomic E-state index is -0.206. The van der Waals surface area contributed by atoms with Gasteiger partial charge in [0.15, 0.2) is 0 Å². The number of nitrogens with one attached hydrogen (secondary N) is 2. The monoisotopic (exact) mass is 398 g/mol. The van der Waals surface area contributed by atoms with E-state index in [2.05, 4.69) is 44.2 Å². The van der Waals surface area contributed by atoms with Crippen LogP contribution >= 0.6 is 0 Å². The third kappa shape index (κ3) is 6.05. The van der Waals surface area contributed by atoms with Crippen molar-refractivity contribution < 1.29 is 9.53 Å². The molecule has 0 bridgehead atoms. The van der Waals surface area contributed by atoms with Crippen molar-refractivity contribution in [1.29, 1.82) is 0 Å². The molecule has 0 spiro atoms. The molecule has 0 saturated carbocycles. The van der Waals surface area contributed by atoms with Crippen LogP contribution in [0.15, 0.2) is 36.7 Å². The van der Waals surface area contributed by atoms with E-state index in [1.807, 2.05) is 30.5 Å². The van der Waals surface area contributed by atoms with Crippen molar-refractivity contribution in [2.75, 3.05) is 49.2 Å². The molecule has 0 unspecified atom stereocenters. The van der Waals surface area contributed by atoms with Gasteiger partial charge in [-0.05, 0) is 43.2 Å². The van der Waals surface area contributed by atoms with Crippen molar-refractivity contribution in [2.24, 2.45) is 0 Å². The second-order valence-electron chi connectivity index (χ2n) is 6.85. The number of carbonyl (C=O) groups is 1. The predicted octanol–water partition coefficient (Wildman–Crippen LogP) is 2.16. The van der Waals surface area contributed by atoms with E-state index >= 15 is 0 Å². The van der Waals surface area contributed by atoms with Crippen molar-refractivity contribution in [2.45, 2.75) is 26.9 Å². The number of urea groups is 1. The number of hydrogen-bond acceptors (Lipinski definition) is 6. The Balaban J connectivity index is 1.45. The third-order valence-electron chi connectivity index (χ3n) is 4.95. The molecular weight excluding hydrogens is 368 g/mol. The van der Waals surface area contributed by atoms with Gasteiger partial charge in [-0.15, -0.1) is 0 Å². The molecule has 8 heteroatoms. The largest absolute Gasteiger partial charge is 0.378 e. The lowest BCUT2D eigenvalue weighted by Gasteiger charge is -2.28. The van der Waals surface area contributed by atoms with Gasteiger partial charge >= 0.3 is 6.03 Å². The summed E-state index contributed by atoms with van der Waals surface area (Å²) in [6.07, 6.45) is 3.59. The molecule has 3 heterocycles. The number of ether oxygens (including phenoxy) is 1. The maximum atomic E-state index is 12.2. The van der Waals surface area contributed by atoms with E-state index in [1.54, 1.807) is 6.20 Å². The van der Waals surface area contributed by atoms with Crippen LogP contribution in [-0.2, 0) is 17.8 Å². The van der Waals surface area contributed by atoms with Crippen LogP contribution in [0, 0.1) is 0 Å². The fourth-order valence-electron chi connectivity index (χ4n) is 3.22. The molecule has 3 rings (SSSR count). The smallest absolute Gasteiger partial charge is 0.315 e. The van der Waals surface area contributed by atoms with Gasteiger partial charge in [-0.2, -0.15) is 0 Å². The number of anilines is 2. The predicted molar refractivity (Wildman–Crippen MR) is 114 cm³/mol. The molecule has 156 valence electrons. The second-order valence-corrected chi connectivity index (χ2v) is 6.85. The zero-order valence-electron chi connectivity index (χ0n) is 17.2. The summed E-state index contributed by atoms with van der Waals surface area (Å²) in [5, 5.41) is 5.78. The molecule has 1 aliphatic rings. The van der Waals surface area contributed by atoms with Crippen molar-refractivity contribution in [3.05, 3.63) is 47.8 Å². The average molecular weight is 399 g/mol. The summed E-state index contributed by atoms with van der Waals surface area (Å²) >= 11 is 0. The van der Waals surface area contributed by atoms with Crippen LogP contribution in [0.2, 0.25) is 0 Å². The summed E-state index contributed by atoms with van der Waals surface area (Å²) in [6, 6.07) is 7.72. The molecule has 0 aromatic carbocycles. The molecule has 8 nitrogen and oxygen atoms in total. The highest BCUT2D eigenvalue weighted by Crippen LogP contribution is 2.14. The first-order valence-corrected chi connectivity index (χ1v) is 10.2. The van der Waals surface area contributed by atoms with E-state index < -0.39 is 0 Å². The fourth-order valence-corrected chi connectivity index (χ4v) is 3.22. The van der Waals surface area contributed by atoms with Crippen LogP contribution in [-0.4, -0.2) is 55.4 Å². The lowest BCUT2D eigenvalue weighted by atomic mass is 10.2. The molecule has 0 atom stereocenters. The molecule has 0 aliphatic carbocycles. The van der Waals surface area contributed by atoms with Crippen LogP contribution in [0.5, 0.6) is 0 Å². The zero-order valence-corrected chi connectivity index (χ0v) is 17.2. The molecule has 29 heavy (non-hydrogen) atoms. The van der Waals surface area contributed by atoms with E-state index in [1.165, 1.54) is 0 Å². The zero-order chi connectivity index (χ0) is 20.5. The minimum Gasteiger partial charge on any atom is -0.378 e. The minimum absolute atomic E-state index is 0.206. The number of carbonyl (C=O) groups excluding carboxylic acids is 1. The highest BCUT2D eigenvalue weighted by atomic mass is 16.5. The molecule has 0 radical (unpaired) electrons.